The first-order chi connectivity index (χ1) is 8.65. The summed E-state index contributed by atoms with van der Waals surface area (Å²) in [6, 6.07) is 13.3. The zero-order chi connectivity index (χ0) is 13.0. The van der Waals surface area contributed by atoms with Crippen molar-refractivity contribution in [2.24, 2.45) is 0 Å². The smallest absolute Gasteiger partial charge is 0.251 e. The molecule has 0 saturated heterocycles. The summed E-state index contributed by atoms with van der Waals surface area (Å²) in [5.41, 5.74) is 6.93. The molecule has 0 saturated carbocycles. The van der Waals surface area contributed by atoms with E-state index < -0.39 is 5.82 Å². The van der Waals surface area contributed by atoms with Gasteiger partial charge in [0.15, 0.2) is 0 Å². The third-order valence-corrected chi connectivity index (χ3v) is 2.48. The molecule has 0 unspecified atom stereocenters. The molecule has 0 heterocycles. The topological polar surface area (TPSA) is 55.1 Å². The van der Waals surface area contributed by atoms with Crippen LogP contribution in [0.4, 0.5) is 10.1 Å². The number of nitrogens with two attached hydrogens (primary N) is 1. The number of hydrogen-bond donors (Lipinski definition) is 2. The van der Waals surface area contributed by atoms with E-state index in [4.69, 9.17) is 5.73 Å². The van der Waals surface area contributed by atoms with Crippen LogP contribution in [0.3, 0.4) is 0 Å². The zero-order valence-electron chi connectivity index (χ0n) is 9.69. The van der Waals surface area contributed by atoms with Crippen LogP contribution in [0.15, 0.2) is 48.5 Å². The molecular formula is C14H13FN2O. The monoisotopic (exact) mass is 244 g/mol. The van der Waals surface area contributed by atoms with E-state index in [2.05, 4.69) is 5.32 Å². The van der Waals surface area contributed by atoms with E-state index in [9.17, 15) is 9.18 Å². The standard InChI is InChI=1S/C14H13FN2O/c15-12-6-11(7-13(16)8-12)14(18)17-9-10-4-2-1-3-5-10/h1-8H,9,16H2,(H,17,18). The number of nitrogen functional groups attached to an aromatic ring is 1. The molecule has 3 N–H and O–H groups in total. The number of halogens is 1. The maximum absolute atomic E-state index is 13.1. The Kier molecular flexibility index (Phi) is 3.57. The molecule has 92 valence electrons. The molecule has 0 aliphatic rings. The van der Waals surface area contributed by atoms with Gasteiger partial charge in [0.05, 0.1) is 0 Å². The summed E-state index contributed by atoms with van der Waals surface area (Å²) in [4.78, 5) is 11.8. The Morgan fingerprint density at radius 2 is 1.89 bits per heavy atom. The lowest BCUT2D eigenvalue weighted by atomic mass is 10.1. The van der Waals surface area contributed by atoms with Gasteiger partial charge in [0.1, 0.15) is 5.82 Å². The maximum Gasteiger partial charge on any atom is 0.251 e. The lowest BCUT2D eigenvalue weighted by Gasteiger charge is -2.06. The van der Waals surface area contributed by atoms with Crippen molar-refractivity contribution in [1.82, 2.24) is 5.32 Å². The molecule has 0 spiro atoms. The number of benzene rings is 2. The van der Waals surface area contributed by atoms with Crippen LogP contribution >= 0.6 is 0 Å². The van der Waals surface area contributed by atoms with Crippen LogP contribution in [-0.2, 0) is 6.54 Å². The predicted octanol–water partition coefficient (Wildman–Crippen LogP) is 2.34. The summed E-state index contributed by atoms with van der Waals surface area (Å²) >= 11 is 0. The van der Waals surface area contributed by atoms with Crippen molar-refractivity contribution in [3.8, 4) is 0 Å². The quantitative estimate of drug-likeness (QED) is 0.814. The van der Waals surface area contributed by atoms with Gasteiger partial charge >= 0.3 is 0 Å². The van der Waals surface area contributed by atoms with Gasteiger partial charge in [-0.1, -0.05) is 30.3 Å². The summed E-state index contributed by atoms with van der Waals surface area (Å²) in [5, 5.41) is 2.71. The van der Waals surface area contributed by atoms with Gasteiger partial charge in [0, 0.05) is 17.8 Å². The molecule has 0 fully saturated rings. The zero-order valence-corrected chi connectivity index (χ0v) is 9.69. The highest BCUT2D eigenvalue weighted by Gasteiger charge is 2.07. The summed E-state index contributed by atoms with van der Waals surface area (Å²) < 4.78 is 13.1. The Morgan fingerprint density at radius 3 is 2.56 bits per heavy atom. The molecule has 0 atom stereocenters. The number of nitrogens with one attached hydrogen (secondary N) is 1. The van der Waals surface area contributed by atoms with Gasteiger partial charge in [-0.3, -0.25) is 4.79 Å². The highest BCUT2D eigenvalue weighted by Crippen LogP contribution is 2.10. The van der Waals surface area contributed by atoms with Crippen LogP contribution < -0.4 is 11.1 Å². The first-order valence-corrected chi connectivity index (χ1v) is 5.53. The third kappa shape index (κ3) is 3.07. The van der Waals surface area contributed by atoms with Gasteiger partial charge in [-0.05, 0) is 23.8 Å². The Hall–Kier alpha value is -2.36. The minimum absolute atomic E-state index is 0.225. The number of amides is 1. The van der Waals surface area contributed by atoms with Gasteiger partial charge in [0.25, 0.3) is 5.91 Å². The fourth-order valence-corrected chi connectivity index (χ4v) is 1.62. The molecule has 4 heteroatoms. The maximum atomic E-state index is 13.1. The first kappa shape index (κ1) is 12.1. The number of carbonyl (C=O) groups is 1. The third-order valence-electron chi connectivity index (χ3n) is 2.48. The van der Waals surface area contributed by atoms with Crippen LogP contribution in [0.25, 0.3) is 0 Å². The molecule has 18 heavy (non-hydrogen) atoms. The Labute approximate surface area is 104 Å². The van der Waals surface area contributed by atoms with Crippen molar-refractivity contribution in [1.29, 1.82) is 0 Å². The molecule has 2 rings (SSSR count). The molecule has 0 bridgehead atoms. The van der Waals surface area contributed by atoms with E-state index in [1.165, 1.54) is 12.1 Å². The van der Waals surface area contributed by atoms with E-state index in [1.807, 2.05) is 30.3 Å². The van der Waals surface area contributed by atoms with E-state index >= 15 is 0 Å². The number of carbonyl (C=O) groups excluding carboxylic acids is 1. The average molecular weight is 244 g/mol. The van der Waals surface area contributed by atoms with E-state index in [0.717, 1.165) is 11.6 Å². The van der Waals surface area contributed by atoms with Crippen molar-refractivity contribution in [3.63, 3.8) is 0 Å². The SMILES string of the molecule is Nc1cc(F)cc(C(=O)NCc2ccccc2)c1. The Balaban J connectivity index is 2.04. The predicted molar refractivity (Wildman–Crippen MR) is 68.4 cm³/mol. The van der Waals surface area contributed by atoms with E-state index in [-0.39, 0.29) is 17.2 Å². The van der Waals surface area contributed by atoms with Crippen molar-refractivity contribution in [2.75, 3.05) is 5.73 Å². The molecule has 2 aromatic rings. The normalized spacial score (nSPS) is 10.1. The van der Waals surface area contributed by atoms with Gasteiger partial charge < -0.3 is 11.1 Å². The lowest BCUT2D eigenvalue weighted by Crippen LogP contribution is -2.23. The number of anilines is 1. The van der Waals surface area contributed by atoms with Gasteiger partial charge in [-0.15, -0.1) is 0 Å². The minimum atomic E-state index is -0.514. The highest BCUT2D eigenvalue weighted by molar-refractivity contribution is 5.94. The van der Waals surface area contributed by atoms with Crippen molar-refractivity contribution in [2.45, 2.75) is 6.54 Å². The first-order valence-electron chi connectivity index (χ1n) is 5.53. The molecule has 0 aliphatic heterocycles. The molecule has 0 aromatic heterocycles. The molecular weight excluding hydrogens is 231 g/mol. The molecule has 2 aromatic carbocycles. The summed E-state index contributed by atoms with van der Waals surface area (Å²) in [5.74, 6) is -0.857. The Morgan fingerprint density at radius 1 is 1.17 bits per heavy atom. The lowest BCUT2D eigenvalue weighted by molar-refractivity contribution is 0.0950. The van der Waals surface area contributed by atoms with Crippen LogP contribution in [0, 0.1) is 5.82 Å². The van der Waals surface area contributed by atoms with Gasteiger partial charge in [-0.25, -0.2) is 4.39 Å². The summed E-state index contributed by atoms with van der Waals surface area (Å²) in [6.45, 7) is 0.399. The van der Waals surface area contributed by atoms with Gasteiger partial charge in [-0.2, -0.15) is 0 Å². The molecule has 3 nitrogen and oxygen atoms in total. The van der Waals surface area contributed by atoms with Crippen LogP contribution in [0.1, 0.15) is 15.9 Å². The van der Waals surface area contributed by atoms with E-state index in [1.54, 1.807) is 0 Å². The fourth-order valence-electron chi connectivity index (χ4n) is 1.62. The van der Waals surface area contributed by atoms with Crippen LogP contribution in [-0.4, -0.2) is 5.91 Å². The minimum Gasteiger partial charge on any atom is -0.399 e. The second-order valence-corrected chi connectivity index (χ2v) is 3.94. The molecule has 1 amide bonds. The second-order valence-electron chi connectivity index (χ2n) is 3.94. The van der Waals surface area contributed by atoms with Crippen LogP contribution in [0.5, 0.6) is 0 Å². The largest absolute Gasteiger partial charge is 0.399 e. The van der Waals surface area contributed by atoms with Crippen molar-refractivity contribution >= 4 is 11.6 Å². The van der Waals surface area contributed by atoms with Gasteiger partial charge in [0.2, 0.25) is 0 Å². The Bertz CT molecular complexity index is 535. The molecule has 0 aliphatic carbocycles. The average Bonchev–Trinajstić information content (AvgIpc) is 2.36. The molecule has 0 radical (unpaired) electrons. The summed E-state index contributed by atoms with van der Waals surface area (Å²) in [6.07, 6.45) is 0. The van der Waals surface area contributed by atoms with Crippen molar-refractivity contribution in [3.05, 3.63) is 65.5 Å². The second kappa shape index (κ2) is 5.31. The van der Waals surface area contributed by atoms with Crippen molar-refractivity contribution < 1.29 is 9.18 Å². The highest BCUT2D eigenvalue weighted by atomic mass is 19.1. The summed E-state index contributed by atoms with van der Waals surface area (Å²) in [7, 11) is 0. The van der Waals surface area contributed by atoms with Crippen LogP contribution in [0.2, 0.25) is 0 Å². The fraction of sp³-hybridized carbons (Fsp3) is 0.0714. The van der Waals surface area contributed by atoms with E-state index in [0.29, 0.717) is 6.54 Å². The number of hydrogen-bond acceptors (Lipinski definition) is 2. The number of rotatable bonds is 3.